The number of amides is 1. The molecule has 4 rings (SSSR count). The van der Waals surface area contributed by atoms with Crippen LogP contribution in [0.4, 0.5) is 5.95 Å². The van der Waals surface area contributed by atoms with Crippen molar-refractivity contribution in [2.75, 3.05) is 23.7 Å². The maximum atomic E-state index is 12.5. The molecule has 0 unspecified atom stereocenters. The number of carbonyl (C=O) groups is 1. The number of aryl methyl sites for hydroxylation is 1. The Bertz CT molecular complexity index is 904. The van der Waals surface area contributed by atoms with E-state index in [1.807, 2.05) is 4.57 Å². The van der Waals surface area contributed by atoms with Crippen LogP contribution in [-0.2, 0) is 4.79 Å². The van der Waals surface area contributed by atoms with Crippen molar-refractivity contribution in [3.05, 3.63) is 29.8 Å². The van der Waals surface area contributed by atoms with Crippen LogP contribution < -0.4 is 10.2 Å². The van der Waals surface area contributed by atoms with Crippen LogP contribution >= 0.6 is 11.8 Å². The summed E-state index contributed by atoms with van der Waals surface area (Å²) in [4.78, 5) is 14.8. The number of nitriles is 1. The number of rotatable bonds is 6. The zero-order valence-electron chi connectivity index (χ0n) is 16.7. The van der Waals surface area contributed by atoms with Gasteiger partial charge in [0.05, 0.1) is 17.5 Å². The second-order valence-electron chi connectivity index (χ2n) is 7.89. The number of nitrogens with zero attached hydrogens (tertiary/aromatic N) is 5. The van der Waals surface area contributed by atoms with Crippen molar-refractivity contribution in [3.8, 4) is 11.8 Å². The molecule has 152 valence electrons. The molecule has 0 atom stereocenters. The van der Waals surface area contributed by atoms with Crippen LogP contribution in [0, 0.1) is 18.3 Å². The van der Waals surface area contributed by atoms with Gasteiger partial charge >= 0.3 is 0 Å². The number of carbonyl (C=O) groups excluding carboxylic acids is 1. The van der Waals surface area contributed by atoms with Crippen LogP contribution in [0.1, 0.15) is 44.1 Å². The lowest BCUT2D eigenvalue weighted by Crippen LogP contribution is -2.45. The third-order valence-corrected chi connectivity index (χ3v) is 6.61. The van der Waals surface area contributed by atoms with E-state index < -0.39 is 5.54 Å². The maximum absolute atomic E-state index is 12.5. The van der Waals surface area contributed by atoms with Crippen LogP contribution in [0.25, 0.3) is 5.69 Å². The number of hydrogen-bond acceptors (Lipinski definition) is 6. The van der Waals surface area contributed by atoms with Crippen LogP contribution in [0.2, 0.25) is 0 Å². The zero-order chi connectivity index (χ0) is 20.3. The quantitative estimate of drug-likeness (QED) is 0.736. The highest BCUT2D eigenvalue weighted by atomic mass is 32.2. The molecule has 1 saturated heterocycles. The molecule has 1 N–H and O–H groups in total. The predicted octanol–water partition coefficient (Wildman–Crippen LogP) is 3.22. The molecule has 0 radical (unpaired) electrons. The summed E-state index contributed by atoms with van der Waals surface area (Å²) in [5.74, 6) is 0.922. The van der Waals surface area contributed by atoms with Crippen molar-refractivity contribution < 1.29 is 4.79 Å². The van der Waals surface area contributed by atoms with Gasteiger partial charge in [0, 0.05) is 13.1 Å². The highest BCUT2D eigenvalue weighted by Crippen LogP contribution is 2.31. The van der Waals surface area contributed by atoms with Gasteiger partial charge in [-0.25, -0.2) is 0 Å². The Morgan fingerprint density at radius 3 is 2.52 bits per heavy atom. The van der Waals surface area contributed by atoms with Crippen LogP contribution in [0.15, 0.2) is 29.4 Å². The van der Waals surface area contributed by atoms with Crippen LogP contribution in [0.3, 0.4) is 0 Å². The largest absolute Gasteiger partial charge is 0.341 e. The van der Waals surface area contributed by atoms with Gasteiger partial charge in [0.25, 0.3) is 0 Å². The summed E-state index contributed by atoms with van der Waals surface area (Å²) >= 11 is 1.37. The number of aromatic nitrogens is 3. The predicted molar refractivity (Wildman–Crippen MR) is 113 cm³/mol. The van der Waals surface area contributed by atoms with E-state index in [-0.39, 0.29) is 11.7 Å². The number of nitrogens with one attached hydrogen (secondary N) is 1. The molecule has 2 fully saturated rings. The molecule has 1 aliphatic heterocycles. The maximum Gasteiger partial charge on any atom is 0.232 e. The summed E-state index contributed by atoms with van der Waals surface area (Å²) in [5, 5.41) is 22.0. The second kappa shape index (κ2) is 8.46. The summed E-state index contributed by atoms with van der Waals surface area (Å²) in [6.07, 6.45) is 5.75. The highest BCUT2D eigenvalue weighted by Gasteiger charge is 2.35. The van der Waals surface area contributed by atoms with Crippen molar-refractivity contribution in [3.63, 3.8) is 0 Å². The van der Waals surface area contributed by atoms with Gasteiger partial charge < -0.3 is 10.2 Å². The fraction of sp³-hybridized carbons (Fsp3) is 0.524. The standard InChI is InChI=1S/C21H26N6OS/c1-16-6-8-17(9-7-16)27-19(26-12-4-5-13-26)24-25-20(27)29-14-18(28)23-21(15-22)10-2-3-11-21/h6-9H,2-5,10-14H2,1H3,(H,23,28). The molecule has 0 bridgehead atoms. The van der Waals surface area contributed by atoms with E-state index in [2.05, 4.69) is 57.7 Å². The van der Waals surface area contributed by atoms with Gasteiger partial charge in [-0.15, -0.1) is 10.2 Å². The first kappa shape index (κ1) is 19.8. The van der Waals surface area contributed by atoms with E-state index in [0.717, 1.165) is 63.3 Å². The van der Waals surface area contributed by atoms with Crippen molar-refractivity contribution in [1.82, 2.24) is 20.1 Å². The topological polar surface area (TPSA) is 86.8 Å². The summed E-state index contributed by atoms with van der Waals surface area (Å²) in [6, 6.07) is 10.6. The highest BCUT2D eigenvalue weighted by molar-refractivity contribution is 7.99. The molecule has 29 heavy (non-hydrogen) atoms. The minimum atomic E-state index is -0.691. The first-order valence-corrected chi connectivity index (χ1v) is 11.2. The van der Waals surface area contributed by atoms with Crippen LogP contribution in [0.5, 0.6) is 0 Å². The number of benzene rings is 1. The van der Waals surface area contributed by atoms with E-state index in [1.54, 1.807) is 0 Å². The van der Waals surface area contributed by atoms with Gasteiger partial charge in [-0.05, 0) is 57.6 Å². The molecule has 7 nitrogen and oxygen atoms in total. The van der Waals surface area contributed by atoms with Gasteiger partial charge in [-0.1, -0.05) is 29.5 Å². The average Bonchev–Trinajstić information content (AvgIpc) is 3.48. The van der Waals surface area contributed by atoms with E-state index >= 15 is 0 Å². The van der Waals surface area contributed by atoms with Crippen molar-refractivity contribution in [2.24, 2.45) is 0 Å². The molecule has 0 spiro atoms. The molecule has 1 aliphatic carbocycles. The lowest BCUT2D eigenvalue weighted by molar-refractivity contribution is -0.119. The average molecular weight is 411 g/mol. The Balaban J connectivity index is 1.53. The zero-order valence-corrected chi connectivity index (χ0v) is 17.5. The molecular formula is C21H26N6OS. The molecular weight excluding hydrogens is 384 g/mol. The summed E-state index contributed by atoms with van der Waals surface area (Å²) in [6.45, 7) is 4.01. The van der Waals surface area contributed by atoms with Gasteiger partial charge in [0.1, 0.15) is 5.54 Å². The summed E-state index contributed by atoms with van der Waals surface area (Å²) in [5.41, 5.74) is 1.49. The molecule has 2 aromatic rings. The van der Waals surface area contributed by atoms with E-state index in [1.165, 1.54) is 17.3 Å². The number of hydrogen-bond donors (Lipinski definition) is 1. The Labute approximate surface area is 175 Å². The summed E-state index contributed by atoms with van der Waals surface area (Å²) < 4.78 is 2.04. The number of thioether (sulfide) groups is 1. The monoisotopic (exact) mass is 410 g/mol. The van der Waals surface area contributed by atoms with Crippen molar-refractivity contribution >= 4 is 23.6 Å². The Morgan fingerprint density at radius 2 is 1.86 bits per heavy atom. The van der Waals surface area contributed by atoms with Gasteiger partial charge in [0.2, 0.25) is 11.9 Å². The van der Waals surface area contributed by atoms with Gasteiger partial charge in [-0.3, -0.25) is 9.36 Å². The first-order chi connectivity index (χ1) is 14.1. The minimum absolute atomic E-state index is 0.125. The first-order valence-electron chi connectivity index (χ1n) is 10.2. The van der Waals surface area contributed by atoms with E-state index in [4.69, 9.17) is 0 Å². The van der Waals surface area contributed by atoms with Crippen molar-refractivity contribution in [2.45, 2.75) is 56.1 Å². The molecule has 1 aromatic carbocycles. The fourth-order valence-electron chi connectivity index (χ4n) is 4.07. The van der Waals surface area contributed by atoms with Gasteiger partial charge in [-0.2, -0.15) is 5.26 Å². The Kier molecular flexibility index (Phi) is 5.76. The second-order valence-corrected chi connectivity index (χ2v) is 8.83. The normalized spacial score (nSPS) is 18.0. The number of anilines is 1. The molecule has 1 aromatic heterocycles. The lowest BCUT2D eigenvalue weighted by Gasteiger charge is -2.22. The van der Waals surface area contributed by atoms with Crippen molar-refractivity contribution in [1.29, 1.82) is 5.26 Å². The molecule has 8 heteroatoms. The Hall–Kier alpha value is -2.53. The van der Waals surface area contributed by atoms with E-state index in [0.29, 0.717) is 5.16 Å². The third kappa shape index (κ3) is 4.25. The SMILES string of the molecule is Cc1ccc(-n2c(SCC(=O)NC3(C#N)CCCC3)nnc2N2CCCC2)cc1. The molecule has 1 saturated carbocycles. The smallest absolute Gasteiger partial charge is 0.232 e. The molecule has 1 amide bonds. The summed E-state index contributed by atoms with van der Waals surface area (Å²) in [7, 11) is 0. The van der Waals surface area contributed by atoms with Crippen LogP contribution in [-0.4, -0.2) is 45.1 Å². The molecule has 2 heterocycles. The minimum Gasteiger partial charge on any atom is -0.341 e. The van der Waals surface area contributed by atoms with Gasteiger partial charge in [0.15, 0.2) is 5.16 Å². The molecule has 2 aliphatic rings. The third-order valence-electron chi connectivity index (χ3n) is 5.68. The lowest BCUT2D eigenvalue weighted by atomic mass is 10.0. The van der Waals surface area contributed by atoms with E-state index in [9.17, 15) is 10.1 Å². The Morgan fingerprint density at radius 1 is 1.17 bits per heavy atom. The fourth-order valence-corrected chi connectivity index (χ4v) is 4.82.